The quantitative estimate of drug-likeness (QED) is 0.825. The summed E-state index contributed by atoms with van der Waals surface area (Å²) in [5.74, 6) is 1.50. The molecule has 0 aliphatic heterocycles. The Hall–Kier alpha value is -2.03. The number of hydrogen-bond acceptors (Lipinski definition) is 3. The molecule has 1 aromatic heterocycles. The van der Waals surface area contributed by atoms with Crippen molar-refractivity contribution in [2.45, 2.75) is 20.5 Å². The van der Waals surface area contributed by atoms with E-state index in [1.54, 1.807) is 13.3 Å². The Kier molecular flexibility index (Phi) is 3.82. The SMILES string of the molecule is COc1cc(COc2cc(C)cc(C)c2)ccn1. The molecule has 0 saturated heterocycles. The molecule has 0 unspecified atom stereocenters. The molecule has 0 aliphatic carbocycles. The van der Waals surface area contributed by atoms with Gasteiger partial charge in [-0.3, -0.25) is 0 Å². The summed E-state index contributed by atoms with van der Waals surface area (Å²) in [5, 5.41) is 0. The van der Waals surface area contributed by atoms with Crippen molar-refractivity contribution in [3.63, 3.8) is 0 Å². The van der Waals surface area contributed by atoms with Crippen molar-refractivity contribution in [3.05, 3.63) is 53.2 Å². The van der Waals surface area contributed by atoms with E-state index in [0.717, 1.165) is 11.3 Å². The summed E-state index contributed by atoms with van der Waals surface area (Å²) in [5.41, 5.74) is 3.45. The highest BCUT2D eigenvalue weighted by atomic mass is 16.5. The molecule has 0 saturated carbocycles. The van der Waals surface area contributed by atoms with Gasteiger partial charge in [0, 0.05) is 12.3 Å². The Morgan fingerprint density at radius 3 is 2.44 bits per heavy atom. The molecular formula is C15H17NO2. The first-order valence-electron chi connectivity index (χ1n) is 5.87. The number of aryl methyl sites for hydroxylation is 2. The number of benzene rings is 1. The number of aromatic nitrogens is 1. The minimum atomic E-state index is 0.516. The van der Waals surface area contributed by atoms with Crippen LogP contribution in [0.4, 0.5) is 0 Å². The van der Waals surface area contributed by atoms with E-state index in [0.29, 0.717) is 12.5 Å². The number of methoxy groups -OCH3 is 1. The van der Waals surface area contributed by atoms with Crippen LogP contribution < -0.4 is 9.47 Å². The van der Waals surface area contributed by atoms with Crippen molar-refractivity contribution in [3.8, 4) is 11.6 Å². The minimum absolute atomic E-state index is 0.516. The van der Waals surface area contributed by atoms with Crippen LogP contribution in [-0.2, 0) is 6.61 Å². The average Bonchev–Trinajstić information content (AvgIpc) is 2.35. The second kappa shape index (κ2) is 5.54. The molecule has 0 N–H and O–H groups in total. The van der Waals surface area contributed by atoms with Crippen LogP contribution in [-0.4, -0.2) is 12.1 Å². The highest BCUT2D eigenvalue weighted by Crippen LogP contribution is 2.18. The Labute approximate surface area is 107 Å². The van der Waals surface area contributed by atoms with Gasteiger partial charge in [-0.05, 0) is 48.7 Å². The first-order chi connectivity index (χ1) is 8.67. The topological polar surface area (TPSA) is 31.4 Å². The molecule has 0 aliphatic rings. The lowest BCUT2D eigenvalue weighted by molar-refractivity contribution is 0.304. The van der Waals surface area contributed by atoms with Crippen molar-refractivity contribution < 1.29 is 9.47 Å². The first-order valence-corrected chi connectivity index (χ1v) is 5.87. The normalized spacial score (nSPS) is 10.2. The zero-order chi connectivity index (χ0) is 13.0. The maximum absolute atomic E-state index is 5.77. The zero-order valence-corrected chi connectivity index (χ0v) is 10.9. The monoisotopic (exact) mass is 243 g/mol. The van der Waals surface area contributed by atoms with Gasteiger partial charge in [-0.15, -0.1) is 0 Å². The molecule has 0 atom stereocenters. The van der Waals surface area contributed by atoms with E-state index >= 15 is 0 Å². The molecule has 1 aromatic carbocycles. The van der Waals surface area contributed by atoms with E-state index in [1.807, 2.05) is 24.3 Å². The minimum Gasteiger partial charge on any atom is -0.489 e. The van der Waals surface area contributed by atoms with E-state index in [1.165, 1.54) is 11.1 Å². The van der Waals surface area contributed by atoms with Gasteiger partial charge in [0.1, 0.15) is 12.4 Å². The zero-order valence-electron chi connectivity index (χ0n) is 10.9. The lowest BCUT2D eigenvalue weighted by Crippen LogP contribution is -1.97. The lowest BCUT2D eigenvalue weighted by atomic mass is 10.1. The Morgan fingerprint density at radius 1 is 1.06 bits per heavy atom. The predicted octanol–water partition coefficient (Wildman–Crippen LogP) is 3.29. The van der Waals surface area contributed by atoms with Crippen LogP contribution in [0.5, 0.6) is 11.6 Å². The highest BCUT2D eigenvalue weighted by Gasteiger charge is 2.00. The smallest absolute Gasteiger partial charge is 0.213 e. The van der Waals surface area contributed by atoms with Crippen molar-refractivity contribution in [2.75, 3.05) is 7.11 Å². The number of rotatable bonds is 4. The van der Waals surface area contributed by atoms with Crippen molar-refractivity contribution >= 4 is 0 Å². The lowest BCUT2D eigenvalue weighted by Gasteiger charge is -2.09. The summed E-state index contributed by atoms with van der Waals surface area (Å²) in [6.07, 6.45) is 1.72. The number of nitrogens with zero attached hydrogens (tertiary/aromatic N) is 1. The van der Waals surface area contributed by atoms with E-state index in [9.17, 15) is 0 Å². The van der Waals surface area contributed by atoms with Gasteiger partial charge < -0.3 is 9.47 Å². The molecule has 0 amide bonds. The second-order valence-electron chi connectivity index (χ2n) is 4.32. The van der Waals surface area contributed by atoms with Gasteiger partial charge in [0.15, 0.2) is 0 Å². The molecule has 94 valence electrons. The van der Waals surface area contributed by atoms with Gasteiger partial charge >= 0.3 is 0 Å². The van der Waals surface area contributed by atoms with Crippen molar-refractivity contribution in [1.82, 2.24) is 4.98 Å². The van der Waals surface area contributed by atoms with E-state index in [4.69, 9.17) is 9.47 Å². The number of hydrogen-bond donors (Lipinski definition) is 0. The standard InChI is InChI=1S/C15H17NO2/c1-11-6-12(2)8-14(7-11)18-10-13-4-5-16-15(9-13)17-3/h4-9H,10H2,1-3H3. The van der Waals surface area contributed by atoms with Crippen LogP contribution >= 0.6 is 0 Å². The largest absolute Gasteiger partial charge is 0.489 e. The summed E-state index contributed by atoms with van der Waals surface area (Å²) in [4.78, 5) is 4.06. The molecule has 2 aromatic rings. The highest BCUT2D eigenvalue weighted by molar-refractivity contribution is 5.33. The molecule has 1 heterocycles. The molecular weight excluding hydrogens is 226 g/mol. The average molecular weight is 243 g/mol. The summed E-state index contributed by atoms with van der Waals surface area (Å²) in [7, 11) is 1.61. The van der Waals surface area contributed by atoms with Crippen LogP contribution in [0.1, 0.15) is 16.7 Å². The van der Waals surface area contributed by atoms with Crippen LogP contribution in [0.15, 0.2) is 36.5 Å². The molecule has 2 rings (SSSR count). The van der Waals surface area contributed by atoms with E-state index in [2.05, 4.69) is 24.9 Å². The number of pyridine rings is 1. The maximum atomic E-state index is 5.77. The van der Waals surface area contributed by atoms with Crippen LogP contribution in [0.25, 0.3) is 0 Å². The van der Waals surface area contributed by atoms with Gasteiger partial charge in [-0.2, -0.15) is 0 Å². The van der Waals surface area contributed by atoms with Gasteiger partial charge in [0.25, 0.3) is 0 Å². The number of ether oxygens (including phenoxy) is 2. The predicted molar refractivity (Wildman–Crippen MR) is 71.0 cm³/mol. The Balaban J connectivity index is 2.06. The third-order valence-corrected chi connectivity index (χ3v) is 2.61. The van der Waals surface area contributed by atoms with Crippen LogP contribution in [0.2, 0.25) is 0 Å². The molecule has 3 nitrogen and oxygen atoms in total. The summed E-state index contributed by atoms with van der Waals surface area (Å²) >= 11 is 0. The fraction of sp³-hybridized carbons (Fsp3) is 0.267. The van der Waals surface area contributed by atoms with E-state index in [-0.39, 0.29) is 0 Å². The Morgan fingerprint density at radius 2 is 1.78 bits per heavy atom. The van der Waals surface area contributed by atoms with E-state index < -0.39 is 0 Å². The Bertz CT molecular complexity index is 518. The van der Waals surface area contributed by atoms with Crippen molar-refractivity contribution in [1.29, 1.82) is 0 Å². The third-order valence-electron chi connectivity index (χ3n) is 2.61. The molecule has 0 spiro atoms. The molecule has 0 fully saturated rings. The van der Waals surface area contributed by atoms with Gasteiger partial charge in [0.2, 0.25) is 5.88 Å². The second-order valence-corrected chi connectivity index (χ2v) is 4.32. The van der Waals surface area contributed by atoms with Gasteiger partial charge in [-0.25, -0.2) is 4.98 Å². The van der Waals surface area contributed by atoms with Gasteiger partial charge in [-0.1, -0.05) is 6.07 Å². The van der Waals surface area contributed by atoms with Gasteiger partial charge in [0.05, 0.1) is 7.11 Å². The molecule has 3 heteroatoms. The third kappa shape index (κ3) is 3.23. The van der Waals surface area contributed by atoms with Crippen LogP contribution in [0.3, 0.4) is 0 Å². The molecule has 0 bridgehead atoms. The fourth-order valence-corrected chi connectivity index (χ4v) is 1.83. The first kappa shape index (κ1) is 12.4. The summed E-state index contributed by atoms with van der Waals surface area (Å²) < 4.78 is 10.8. The summed E-state index contributed by atoms with van der Waals surface area (Å²) in [6, 6.07) is 9.99. The maximum Gasteiger partial charge on any atom is 0.213 e. The van der Waals surface area contributed by atoms with Crippen molar-refractivity contribution in [2.24, 2.45) is 0 Å². The molecule has 0 radical (unpaired) electrons. The fourth-order valence-electron chi connectivity index (χ4n) is 1.83. The van der Waals surface area contributed by atoms with Crippen LogP contribution in [0, 0.1) is 13.8 Å². The molecule has 18 heavy (non-hydrogen) atoms. The summed E-state index contributed by atoms with van der Waals surface area (Å²) in [6.45, 7) is 4.65.